The molecule has 0 bridgehead atoms. The van der Waals surface area contributed by atoms with Crippen molar-refractivity contribution in [2.45, 2.75) is 11.3 Å². The molecule has 1 aromatic heterocycles. The van der Waals surface area contributed by atoms with Crippen molar-refractivity contribution in [3.8, 4) is 5.75 Å². The minimum absolute atomic E-state index is 0.304. The topological polar surface area (TPSA) is 79.0 Å². The number of aromatic amines is 1. The van der Waals surface area contributed by atoms with E-state index < -0.39 is 17.3 Å². The molecule has 0 saturated heterocycles. The summed E-state index contributed by atoms with van der Waals surface area (Å²) in [5.74, 6) is 0.105. The van der Waals surface area contributed by atoms with Crippen molar-refractivity contribution in [2.75, 3.05) is 12.4 Å². The molecule has 25 heavy (non-hydrogen) atoms. The molecule has 1 atom stereocenters. The largest absolute Gasteiger partial charge is 0.573 e. The Morgan fingerprint density at radius 3 is 2.52 bits per heavy atom. The summed E-state index contributed by atoms with van der Waals surface area (Å²) in [6.45, 7) is 0. The average molecular weight is 370 g/mol. The number of benzene rings is 2. The molecular weight excluding hydrogens is 357 g/mol. The smallest absolute Gasteiger partial charge is 0.406 e. The number of alkyl halides is 3. The minimum atomic E-state index is -4.72. The number of ether oxygens (including phenoxy) is 1. The predicted octanol–water partition coefficient (Wildman–Crippen LogP) is 3.45. The normalized spacial score (nSPS) is 13.0. The Morgan fingerprint density at radius 2 is 1.88 bits per heavy atom. The lowest BCUT2D eigenvalue weighted by atomic mass is 10.3. The summed E-state index contributed by atoms with van der Waals surface area (Å²) in [7, 11) is 0.279. The predicted molar refractivity (Wildman–Crippen MR) is 88.0 cm³/mol. The molecule has 0 saturated carbocycles. The highest BCUT2D eigenvalue weighted by atomic mass is 32.2. The van der Waals surface area contributed by atoms with Gasteiger partial charge in [-0.05, 0) is 49.5 Å². The molecule has 10 heteroatoms. The van der Waals surface area contributed by atoms with Crippen molar-refractivity contribution < 1.29 is 22.1 Å². The number of nitrogens with one attached hydrogen (secondary N) is 3. The number of hydrogen-bond acceptors (Lipinski definition) is 4. The summed E-state index contributed by atoms with van der Waals surface area (Å²) in [6.07, 6.45) is -4.72. The zero-order valence-electron chi connectivity index (χ0n) is 12.8. The van der Waals surface area contributed by atoms with Gasteiger partial charge in [-0.3, -0.25) is 0 Å². The molecule has 0 fully saturated rings. The third-order valence-corrected chi connectivity index (χ3v) is 4.26. The molecule has 6 nitrogen and oxygen atoms in total. The van der Waals surface area contributed by atoms with Crippen LogP contribution in [0, 0.1) is 0 Å². The van der Waals surface area contributed by atoms with Crippen LogP contribution in [-0.4, -0.2) is 27.6 Å². The van der Waals surface area contributed by atoms with E-state index in [1.807, 2.05) is 0 Å². The first-order chi connectivity index (χ1) is 11.8. The van der Waals surface area contributed by atoms with E-state index in [9.17, 15) is 17.4 Å². The second-order valence-electron chi connectivity index (χ2n) is 4.93. The number of nitrogens with zero attached hydrogens (tertiary/aromatic N) is 1. The fourth-order valence-corrected chi connectivity index (χ4v) is 2.81. The highest BCUT2D eigenvalue weighted by Gasteiger charge is 2.30. The molecule has 0 aliphatic heterocycles. The van der Waals surface area contributed by atoms with Gasteiger partial charge in [0.2, 0.25) is 5.95 Å². The number of aromatic nitrogens is 2. The van der Waals surface area contributed by atoms with Gasteiger partial charge in [0.25, 0.3) is 0 Å². The summed E-state index contributed by atoms with van der Waals surface area (Å²) in [5, 5.41) is 2.95. The van der Waals surface area contributed by atoms with Crippen molar-refractivity contribution in [1.29, 1.82) is 0 Å². The maximum absolute atomic E-state index is 12.1. The zero-order chi connectivity index (χ0) is 18.0. The highest BCUT2D eigenvalue weighted by molar-refractivity contribution is 7.83. The van der Waals surface area contributed by atoms with Crippen molar-refractivity contribution >= 4 is 33.7 Å². The van der Waals surface area contributed by atoms with Crippen LogP contribution in [0.25, 0.3) is 11.0 Å². The standard InChI is InChI=1S/C15H13F3N4O2S/c1-19-25(23)11-6-7-12-13(8-11)22-14(21-12)20-9-2-4-10(5-3-9)24-15(16,17)18/h2-8,19H,1H3,(H2,20,21,22). The molecule has 0 spiro atoms. The summed E-state index contributed by atoms with van der Waals surface area (Å²) in [4.78, 5) is 7.94. The third kappa shape index (κ3) is 4.28. The van der Waals surface area contributed by atoms with Crippen LogP contribution in [-0.2, 0) is 11.0 Å². The Balaban J connectivity index is 1.77. The molecule has 0 radical (unpaired) electrons. The van der Waals surface area contributed by atoms with Crippen LogP contribution in [0.15, 0.2) is 47.4 Å². The lowest BCUT2D eigenvalue weighted by Gasteiger charge is -2.09. The highest BCUT2D eigenvalue weighted by Crippen LogP contribution is 2.25. The van der Waals surface area contributed by atoms with Crippen LogP contribution >= 0.6 is 0 Å². The number of imidazole rings is 1. The summed E-state index contributed by atoms with van der Waals surface area (Å²) in [6, 6.07) is 10.4. The van der Waals surface area contributed by atoms with Gasteiger partial charge in [-0.1, -0.05) is 0 Å². The van der Waals surface area contributed by atoms with E-state index in [0.717, 1.165) is 0 Å². The summed E-state index contributed by atoms with van der Waals surface area (Å²) >= 11 is 0. The van der Waals surface area contributed by atoms with E-state index >= 15 is 0 Å². The van der Waals surface area contributed by atoms with E-state index in [1.165, 1.54) is 24.3 Å². The maximum Gasteiger partial charge on any atom is 0.573 e. The number of hydrogen-bond donors (Lipinski definition) is 3. The first kappa shape index (κ1) is 17.2. The maximum atomic E-state index is 12.1. The Bertz CT molecular complexity index is 909. The number of rotatable bonds is 5. The minimum Gasteiger partial charge on any atom is -0.406 e. The molecule has 1 heterocycles. The van der Waals surface area contributed by atoms with Crippen LogP contribution in [0.2, 0.25) is 0 Å². The van der Waals surface area contributed by atoms with Gasteiger partial charge in [-0.25, -0.2) is 13.9 Å². The number of fused-ring (bicyclic) bond motifs is 1. The lowest BCUT2D eigenvalue weighted by molar-refractivity contribution is -0.274. The molecule has 3 aromatic rings. The molecule has 0 aliphatic carbocycles. The second-order valence-corrected chi connectivity index (χ2v) is 6.35. The molecule has 132 valence electrons. The van der Waals surface area contributed by atoms with Gasteiger partial charge in [0, 0.05) is 5.69 Å². The molecule has 0 amide bonds. The van der Waals surface area contributed by atoms with Gasteiger partial charge in [0.15, 0.2) is 0 Å². The fraction of sp³-hybridized carbons (Fsp3) is 0.133. The zero-order valence-corrected chi connectivity index (χ0v) is 13.7. The van der Waals surface area contributed by atoms with Crippen LogP contribution in [0.3, 0.4) is 0 Å². The number of anilines is 2. The van der Waals surface area contributed by atoms with Gasteiger partial charge in [-0.2, -0.15) is 0 Å². The molecule has 1 unspecified atom stereocenters. The van der Waals surface area contributed by atoms with Crippen molar-refractivity contribution in [3.63, 3.8) is 0 Å². The number of H-pyrrole nitrogens is 1. The second kappa shape index (κ2) is 6.73. The quantitative estimate of drug-likeness (QED) is 0.643. The first-order valence-electron chi connectivity index (χ1n) is 7.06. The van der Waals surface area contributed by atoms with E-state index in [-0.39, 0.29) is 5.75 Å². The average Bonchev–Trinajstić information content (AvgIpc) is 2.96. The lowest BCUT2D eigenvalue weighted by Crippen LogP contribution is -2.16. The van der Waals surface area contributed by atoms with Crippen LogP contribution in [0.4, 0.5) is 24.8 Å². The molecule has 3 rings (SSSR count). The van der Waals surface area contributed by atoms with Gasteiger partial charge in [-0.15, -0.1) is 13.2 Å². The molecular formula is C15H13F3N4O2S. The third-order valence-electron chi connectivity index (χ3n) is 3.20. The van der Waals surface area contributed by atoms with Gasteiger partial charge >= 0.3 is 6.36 Å². The summed E-state index contributed by atoms with van der Waals surface area (Å²) in [5.41, 5.74) is 1.88. The molecule has 2 aromatic carbocycles. The van der Waals surface area contributed by atoms with Gasteiger partial charge in [0.1, 0.15) is 16.7 Å². The van der Waals surface area contributed by atoms with Crippen LogP contribution in [0.1, 0.15) is 0 Å². The monoisotopic (exact) mass is 370 g/mol. The number of halogens is 3. The van der Waals surface area contributed by atoms with Crippen LogP contribution in [0.5, 0.6) is 5.75 Å². The van der Waals surface area contributed by atoms with E-state index in [0.29, 0.717) is 27.6 Å². The van der Waals surface area contributed by atoms with Crippen molar-refractivity contribution in [1.82, 2.24) is 14.7 Å². The van der Waals surface area contributed by atoms with Gasteiger partial charge < -0.3 is 15.0 Å². The van der Waals surface area contributed by atoms with Gasteiger partial charge in [0.05, 0.1) is 15.9 Å². The van der Waals surface area contributed by atoms with E-state index in [4.69, 9.17) is 0 Å². The van der Waals surface area contributed by atoms with Crippen molar-refractivity contribution in [2.24, 2.45) is 0 Å². The molecule has 0 aliphatic rings. The Labute approximate surface area is 143 Å². The van der Waals surface area contributed by atoms with E-state index in [2.05, 4.69) is 24.7 Å². The van der Waals surface area contributed by atoms with Crippen LogP contribution < -0.4 is 14.8 Å². The van der Waals surface area contributed by atoms with Crippen molar-refractivity contribution in [3.05, 3.63) is 42.5 Å². The Kier molecular flexibility index (Phi) is 4.64. The molecule has 3 N–H and O–H groups in total. The fourth-order valence-electron chi connectivity index (χ4n) is 2.16. The SMILES string of the molecule is CNS(=O)c1ccc2nc(Nc3ccc(OC(F)(F)F)cc3)[nH]c2c1. The summed E-state index contributed by atoms with van der Waals surface area (Å²) < 4.78 is 54.6. The first-order valence-corrected chi connectivity index (χ1v) is 8.21. The Morgan fingerprint density at radius 1 is 1.16 bits per heavy atom. The van der Waals surface area contributed by atoms with E-state index in [1.54, 1.807) is 25.2 Å². The Hall–Kier alpha value is -2.59.